The van der Waals surface area contributed by atoms with E-state index in [2.05, 4.69) is 97.5 Å². The molecule has 0 aromatic heterocycles. The minimum atomic E-state index is -0.509. The Hall–Kier alpha value is -0.165. The highest BCUT2D eigenvalue weighted by Crippen LogP contribution is 2.42. The van der Waals surface area contributed by atoms with Gasteiger partial charge in [0, 0.05) is 20.0 Å². The number of hydrogen-bond acceptors (Lipinski definition) is 9. The predicted molar refractivity (Wildman–Crippen MR) is 128 cm³/mol. The Morgan fingerprint density at radius 1 is 0.364 bits per heavy atom. The molecule has 0 atom stereocenters. The molecular formula is C21H42B3N3O6. The third kappa shape index (κ3) is 4.34. The summed E-state index contributed by atoms with van der Waals surface area (Å²) in [5, 5.41) is 0. The zero-order valence-corrected chi connectivity index (χ0v) is 22.6. The summed E-state index contributed by atoms with van der Waals surface area (Å²) < 4.78 is 38.3. The van der Waals surface area contributed by atoms with Crippen LogP contribution in [0.4, 0.5) is 0 Å². The Morgan fingerprint density at radius 2 is 0.515 bits per heavy atom. The average Bonchev–Trinajstić information content (AvgIpc) is 3.10. The monoisotopic (exact) mass is 465 g/mol. The van der Waals surface area contributed by atoms with Gasteiger partial charge in [0.2, 0.25) is 0 Å². The molecule has 4 rings (SSSR count). The maximum Gasteiger partial charge on any atom is 0.560 e. The molecule has 4 aliphatic heterocycles. The Kier molecular flexibility index (Phi) is 6.02. The van der Waals surface area contributed by atoms with Crippen molar-refractivity contribution >= 4 is 21.8 Å². The van der Waals surface area contributed by atoms with Crippen LogP contribution in [-0.4, -0.2) is 89.8 Å². The van der Waals surface area contributed by atoms with Crippen LogP contribution in [0.5, 0.6) is 0 Å². The van der Waals surface area contributed by atoms with Gasteiger partial charge in [-0.15, -0.1) is 0 Å². The van der Waals surface area contributed by atoms with Crippen LogP contribution in [0.3, 0.4) is 0 Å². The van der Waals surface area contributed by atoms with Crippen molar-refractivity contribution in [1.82, 2.24) is 14.4 Å². The van der Waals surface area contributed by atoms with Crippen LogP contribution >= 0.6 is 0 Å². The highest BCUT2D eigenvalue weighted by molar-refractivity contribution is 6.45. The molecule has 4 saturated heterocycles. The molecule has 12 heteroatoms. The fraction of sp³-hybridized carbons (Fsp3) is 1.00. The van der Waals surface area contributed by atoms with Crippen LogP contribution in [0.15, 0.2) is 0 Å². The molecular weight excluding hydrogens is 423 g/mol. The van der Waals surface area contributed by atoms with Gasteiger partial charge in [-0.25, -0.2) is 0 Å². The summed E-state index contributed by atoms with van der Waals surface area (Å²) in [6.45, 7) is 26.5. The molecule has 0 N–H and O–H groups in total. The summed E-state index contributed by atoms with van der Waals surface area (Å²) in [6.07, 6.45) is 0. The number of hydrogen-bond donors (Lipinski definition) is 0. The largest absolute Gasteiger partial charge is 0.560 e. The van der Waals surface area contributed by atoms with Gasteiger partial charge in [-0.2, -0.15) is 0 Å². The van der Waals surface area contributed by atoms with Gasteiger partial charge in [0.15, 0.2) is 0 Å². The Labute approximate surface area is 201 Å². The van der Waals surface area contributed by atoms with E-state index in [0.29, 0.717) is 20.0 Å². The highest BCUT2D eigenvalue weighted by Gasteiger charge is 2.61. The topological polar surface area (TPSA) is 65.1 Å². The Balaban J connectivity index is 1.58. The smallest absolute Gasteiger partial charge is 0.389 e. The van der Waals surface area contributed by atoms with Crippen molar-refractivity contribution in [3.8, 4) is 0 Å². The molecule has 0 aromatic carbocycles. The lowest BCUT2D eigenvalue weighted by atomic mass is 9.90. The zero-order chi connectivity index (χ0) is 24.8. The minimum absolute atomic E-state index is 0.431. The van der Waals surface area contributed by atoms with Crippen molar-refractivity contribution in [2.24, 2.45) is 0 Å². The van der Waals surface area contributed by atoms with Crippen molar-refractivity contribution in [2.45, 2.75) is 117 Å². The molecule has 0 spiro atoms. The van der Waals surface area contributed by atoms with Crippen LogP contribution < -0.4 is 0 Å². The molecule has 0 radical (unpaired) electrons. The first-order chi connectivity index (χ1) is 14.8. The number of nitrogens with zero attached hydrogens (tertiary/aromatic N) is 3. The molecule has 0 bridgehead atoms. The van der Waals surface area contributed by atoms with Gasteiger partial charge >= 0.3 is 21.8 Å². The molecule has 33 heavy (non-hydrogen) atoms. The van der Waals surface area contributed by atoms with Gasteiger partial charge in [0.1, 0.15) is 0 Å². The van der Waals surface area contributed by atoms with Gasteiger partial charge in [-0.05, 0) is 83.1 Å². The van der Waals surface area contributed by atoms with E-state index in [1.54, 1.807) is 0 Å². The molecule has 0 unspecified atom stereocenters. The van der Waals surface area contributed by atoms with Gasteiger partial charge in [-0.3, -0.25) is 14.4 Å². The summed E-state index contributed by atoms with van der Waals surface area (Å²) >= 11 is 0. The van der Waals surface area contributed by atoms with Crippen molar-refractivity contribution in [1.29, 1.82) is 0 Å². The van der Waals surface area contributed by atoms with Crippen molar-refractivity contribution in [3.05, 3.63) is 0 Å². The van der Waals surface area contributed by atoms with Crippen molar-refractivity contribution < 1.29 is 27.9 Å². The minimum Gasteiger partial charge on any atom is -0.389 e. The fourth-order valence-electron chi connectivity index (χ4n) is 4.12. The lowest BCUT2D eigenvalue weighted by Crippen LogP contribution is -2.66. The van der Waals surface area contributed by atoms with Gasteiger partial charge < -0.3 is 27.9 Å². The van der Waals surface area contributed by atoms with Crippen LogP contribution in [0.1, 0.15) is 83.1 Å². The Morgan fingerprint density at radius 3 is 0.667 bits per heavy atom. The lowest BCUT2D eigenvalue weighted by Gasteiger charge is -2.43. The van der Waals surface area contributed by atoms with Crippen LogP contribution in [0.2, 0.25) is 0 Å². The molecule has 4 heterocycles. The third-order valence-electron chi connectivity index (χ3n) is 8.71. The van der Waals surface area contributed by atoms with Gasteiger partial charge in [0.05, 0.1) is 33.6 Å². The summed E-state index contributed by atoms with van der Waals surface area (Å²) in [7, 11) is -1.53. The summed E-state index contributed by atoms with van der Waals surface area (Å²) in [6, 6.07) is 0. The van der Waals surface area contributed by atoms with E-state index in [0.717, 1.165) is 0 Å². The molecule has 9 nitrogen and oxygen atoms in total. The van der Waals surface area contributed by atoms with E-state index in [1.165, 1.54) is 0 Å². The molecule has 186 valence electrons. The standard InChI is InChI=1S/C21H42B3N3O6/c1-16(2)17(3,4)29-22(28-16)25-13-26(23-30-18(5,6)19(7,8)31-23)15-27(14-25)24-32-20(9,10)21(11,12)33-24/h13-15H2,1-12H3. The highest BCUT2D eigenvalue weighted by atomic mass is 16.7. The maximum absolute atomic E-state index is 6.38. The predicted octanol–water partition coefficient (Wildman–Crippen LogP) is 2.55. The SMILES string of the molecule is CC1(C)OB(N2CN(B3OC(C)(C)C(C)(C)O3)CN(B3OC(C)(C)C(C)(C)O3)C2)OC1(C)C. The maximum atomic E-state index is 6.38. The second kappa shape index (κ2) is 7.67. The van der Waals surface area contributed by atoms with E-state index in [1.807, 2.05) is 0 Å². The lowest BCUT2D eigenvalue weighted by molar-refractivity contribution is 0.00578. The summed E-state index contributed by atoms with van der Waals surface area (Å²) in [4.78, 5) is 6.41. The normalized spacial score (nSPS) is 33.3. The van der Waals surface area contributed by atoms with Gasteiger partial charge in [0.25, 0.3) is 0 Å². The fourth-order valence-corrected chi connectivity index (χ4v) is 4.12. The van der Waals surface area contributed by atoms with Crippen molar-refractivity contribution in [2.75, 3.05) is 20.0 Å². The third-order valence-corrected chi connectivity index (χ3v) is 8.71. The van der Waals surface area contributed by atoms with E-state index in [9.17, 15) is 0 Å². The Bertz CT molecular complexity index is 624. The molecule has 0 aliphatic carbocycles. The summed E-state index contributed by atoms with van der Waals surface area (Å²) in [5.41, 5.74) is -2.59. The van der Waals surface area contributed by atoms with E-state index < -0.39 is 55.4 Å². The van der Waals surface area contributed by atoms with Crippen LogP contribution in [0, 0.1) is 0 Å². The summed E-state index contributed by atoms with van der Waals surface area (Å²) in [5.74, 6) is 0. The average molecular weight is 465 g/mol. The van der Waals surface area contributed by atoms with Gasteiger partial charge in [-0.1, -0.05) is 0 Å². The molecule has 4 aliphatic rings. The molecule has 0 aromatic rings. The van der Waals surface area contributed by atoms with E-state index in [4.69, 9.17) is 27.9 Å². The second-order valence-corrected chi connectivity index (χ2v) is 12.9. The van der Waals surface area contributed by atoms with Crippen LogP contribution in [0.25, 0.3) is 0 Å². The van der Waals surface area contributed by atoms with E-state index in [-0.39, 0.29) is 0 Å². The molecule has 0 amide bonds. The number of rotatable bonds is 3. The first-order valence-electron chi connectivity index (χ1n) is 12.1. The van der Waals surface area contributed by atoms with E-state index >= 15 is 0 Å². The van der Waals surface area contributed by atoms with Crippen LogP contribution in [-0.2, 0) is 27.9 Å². The second-order valence-electron chi connectivity index (χ2n) is 12.9. The molecule has 0 saturated carbocycles. The first-order valence-corrected chi connectivity index (χ1v) is 12.1. The molecule has 4 fully saturated rings. The quantitative estimate of drug-likeness (QED) is 0.586. The zero-order valence-electron chi connectivity index (χ0n) is 22.6. The first kappa shape index (κ1) is 25.9. The van der Waals surface area contributed by atoms with Crippen molar-refractivity contribution in [3.63, 3.8) is 0 Å².